The zero-order valence-electron chi connectivity index (χ0n) is 7.50. The lowest BCUT2D eigenvalue weighted by atomic mass is 10.2. The van der Waals surface area contributed by atoms with Crippen molar-refractivity contribution < 1.29 is 9.53 Å². The summed E-state index contributed by atoms with van der Waals surface area (Å²) in [5, 5.41) is 6.88. The number of aromatic amines is 1. The highest BCUT2D eigenvalue weighted by Crippen LogP contribution is 2.19. The maximum Gasteiger partial charge on any atom is 0.293 e. The minimum absolute atomic E-state index is 0.131. The van der Waals surface area contributed by atoms with E-state index in [9.17, 15) is 4.79 Å². The van der Waals surface area contributed by atoms with Crippen LogP contribution in [0.15, 0.2) is 4.47 Å². The van der Waals surface area contributed by atoms with Crippen LogP contribution in [0.4, 0.5) is 0 Å². The molecule has 0 aliphatic carbocycles. The quantitative estimate of drug-likeness (QED) is 0.822. The van der Waals surface area contributed by atoms with Crippen molar-refractivity contribution in [2.75, 3.05) is 0 Å². The summed E-state index contributed by atoms with van der Waals surface area (Å²) in [5.74, 6) is 0. The van der Waals surface area contributed by atoms with Gasteiger partial charge in [-0.3, -0.25) is 9.89 Å². The number of ether oxygens (including phenoxy) is 1. The first-order valence-corrected chi connectivity index (χ1v) is 4.73. The van der Waals surface area contributed by atoms with Crippen LogP contribution in [-0.4, -0.2) is 22.8 Å². The predicted octanol–water partition coefficient (Wildman–Crippen LogP) is 1.58. The van der Waals surface area contributed by atoms with Crippen LogP contribution < -0.4 is 0 Å². The van der Waals surface area contributed by atoms with Crippen LogP contribution in [0.5, 0.6) is 0 Å². The zero-order chi connectivity index (χ0) is 9.84. The minimum atomic E-state index is -0.131. The molecule has 1 aromatic heterocycles. The van der Waals surface area contributed by atoms with Crippen LogP contribution in [0, 0.1) is 6.92 Å². The maximum absolute atomic E-state index is 10.0. The molecule has 1 unspecified atom stereocenters. The van der Waals surface area contributed by atoms with E-state index in [1.807, 2.05) is 13.8 Å². The molecule has 1 aromatic rings. The molecule has 0 aromatic carbocycles. The molecule has 1 heterocycles. The minimum Gasteiger partial charge on any atom is -0.464 e. The number of halogens is 1. The molecule has 0 aliphatic heterocycles. The lowest BCUT2D eigenvalue weighted by Gasteiger charge is -2.07. The summed E-state index contributed by atoms with van der Waals surface area (Å²) >= 11 is 3.39. The van der Waals surface area contributed by atoms with Crippen molar-refractivity contribution in [2.45, 2.75) is 26.4 Å². The molecular weight excluding hydrogens is 236 g/mol. The Labute approximate surface area is 84.8 Å². The average Bonchev–Trinajstić information content (AvgIpc) is 2.37. The van der Waals surface area contributed by atoms with E-state index in [1.54, 1.807) is 0 Å². The second-order valence-electron chi connectivity index (χ2n) is 2.85. The number of aryl methyl sites for hydroxylation is 1. The van der Waals surface area contributed by atoms with E-state index in [1.165, 1.54) is 0 Å². The summed E-state index contributed by atoms with van der Waals surface area (Å²) in [6, 6.07) is 0. The largest absolute Gasteiger partial charge is 0.464 e. The highest BCUT2D eigenvalue weighted by atomic mass is 79.9. The molecule has 0 saturated heterocycles. The SMILES string of the molecule is Cc1n[nH]c(CC(C)OC=O)c1Br. The highest BCUT2D eigenvalue weighted by Gasteiger charge is 2.10. The van der Waals surface area contributed by atoms with Gasteiger partial charge in [0.25, 0.3) is 6.47 Å². The topological polar surface area (TPSA) is 55.0 Å². The molecule has 0 spiro atoms. The van der Waals surface area contributed by atoms with Gasteiger partial charge < -0.3 is 4.74 Å². The second-order valence-corrected chi connectivity index (χ2v) is 3.64. The van der Waals surface area contributed by atoms with Crippen molar-refractivity contribution in [3.63, 3.8) is 0 Å². The first kappa shape index (κ1) is 10.2. The number of rotatable bonds is 4. The van der Waals surface area contributed by atoms with Crippen LogP contribution in [-0.2, 0) is 16.0 Å². The van der Waals surface area contributed by atoms with Gasteiger partial charge in [-0.1, -0.05) is 0 Å². The molecule has 0 aliphatic rings. The van der Waals surface area contributed by atoms with Gasteiger partial charge in [0.2, 0.25) is 0 Å². The van der Waals surface area contributed by atoms with Crippen molar-refractivity contribution in [1.82, 2.24) is 10.2 Å². The number of H-pyrrole nitrogens is 1. The van der Waals surface area contributed by atoms with Crippen LogP contribution in [0.2, 0.25) is 0 Å². The summed E-state index contributed by atoms with van der Waals surface area (Å²) in [4.78, 5) is 10.0. The van der Waals surface area contributed by atoms with Gasteiger partial charge >= 0.3 is 0 Å². The van der Waals surface area contributed by atoms with E-state index in [4.69, 9.17) is 4.74 Å². The monoisotopic (exact) mass is 246 g/mol. The standard InChI is InChI=1S/C8H11BrN2O2/c1-5(13-4-12)3-7-8(9)6(2)10-11-7/h4-5H,3H2,1-2H3,(H,10,11). The third kappa shape index (κ3) is 2.55. The molecule has 0 radical (unpaired) electrons. The molecule has 5 heteroatoms. The van der Waals surface area contributed by atoms with Crippen molar-refractivity contribution in [2.24, 2.45) is 0 Å². The van der Waals surface area contributed by atoms with E-state index in [-0.39, 0.29) is 6.10 Å². The second kappa shape index (κ2) is 4.41. The Morgan fingerprint density at radius 3 is 2.92 bits per heavy atom. The van der Waals surface area contributed by atoms with Gasteiger partial charge in [0.15, 0.2) is 0 Å². The number of nitrogens with zero attached hydrogens (tertiary/aromatic N) is 1. The number of hydrogen-bond donors (Lipinski definition) is 1. The summed E-state index contributed by atoms with van der Waals surface area (Å²) in [7, 11) is 0. The van der Waals surface area contributed by atoms with Crippen LogP contribution in [0.1, 0.15) is 18.3 Å². The molecule has 0 amide bonds. The Hall–Kier alpha value is -0.840. The molecular formula is C8H11BrN2O2. The average molecular weight is 247 g/mol. The summed E-state index contributed by atoms with van der Waals surface area (Å²) in [6.45, 7) is 4.19. The van der Waals surface area contributed by atoms with Crippen molar-refractivity contribution >= 4 is 22.4 Å². The van der Waals surface area contributed by atoms with Gasteiger partial charge in [-0.2, -0.15) is 5.10 Å². The summed E-state index contributed by atoms with van der Waals surface area (Å²) < 4.78 is 5.71. The van der Waals surface area contributed by atoms with Gasteiger partial charge in [0.05, 0.1) is 15.9 Å². The number of carbonyl (C=O) groups excluding carboxylic acids is 1. The fourth-order valence-corrected chi connectivity index (χ4v) is 1.37. The van der Waals surface area contributed by atoms with Gasteiger partial charge in [0.1, 0.15) is 6.10 Å². The van der Waals surface area contributed by atoms with E-state index in [0.29, 0.717) is 12.9 Å². The molecule has 72 valence electrons. The summed E-state index contributed by atoms with van der Waals surface area (Å²) in [6.07, 6.45) is 0.508. The number of carbonyl (C=O) groups is 1. The third-order valence-electron chi connectivity index (χ3n) is 1.72. The maximum atomic E-state index is 10.0. The number of hydrogen-bond acceptors (Lipinski definition) is 3. The van der Waals surface area contributed by atoms with E-state index in [0.717, 1.165) is 15.9 Å². The van der Waals surface area contributed by atoms with Crippen LogP contribution in [0.25, 0.3) is 0 Å². The molecule has 1 rings (SSSR count). The zero-order valence-corrected chi connectivity index (χ0v) is 9.09. The Bertz CT molecular complexity index is 298. The Morgan fingerprint density at radius 1 is 1.77 bits per heavy atom. The van der Waals surface area contributed by atoms with E-state index in [2.05, 4.69) is 26.1 Å². The Balaban J connectivity index is 2.63. The van der Waals surface area contributed by atoms with Crippen LogP contribution >= 0.6 is 15.9 Å². The van der Waals surface area contributed by atoms with Gasteiger partial charge in [0, 0.05) is 6.42 Å². The van der Waals surface area contributed by atoms with Gasteiger partial charge in [-0.15, -0.1) is 0 Å². The lowest BCUT2D eigenvalue weighted by Crippen LogP contribution is -2.10. The predicted molar refractivity (Wildman–Crippen MR) is 51.3 cm³/mol. The van der Waals surface area contributed by atoms with Crippen LogP contribution in [0.3, 0.4) is 0 Å². The highest BCUT2D eigenvalue weighted by molar-refractivity contribution is 9.10. The molecule has 4 nitrogen and oxygen atoms in total. The van der Waals surface area contributed by atoms with Crippen molar-refractivity contribution in [1.29, 1.82) is 0 Å². The van der Waals surface area contributed by atoms with E-state index < -0.39 is 0 Å². The molecule has 13 heavy (non-hydrogen) atoms. The van der Waals surface area contributed by atoms with Gasteiger partial charge in [-0.05, 0) is 29.8 Å². The van der Waals surface area contributed by atoms with Crippen molar-refractivity contribution in [3.05, 3.63) is 15.9 Å². The Kier molecular flexibility index (Phi) is 3.48. The first-order chi connectivity index (χ1) is 6.15. The normalized spacial score (nSPS) is 12.5. The fourth-order valence-electron chi connectivity index (χ4n) is 1.03. The smallest absolute Gasteiger partial charge is 0.293 e. The van der Waals surface area contributed by atoms with Gasteiger partial charge in [-0.25, -0.2) is 0 Å². The molecule has 0 fully saturated rings. The first-order valence-electron chi connectivity index (χ1n) is 3.93. The molecule has 0 bridgehead atoms. The number of nitrogens with one attached hydrogen (secondary N) is 1. The fraction of sp³-hybridized carbons (Fsp3) is 0.500. The lowest BCUT2D eigenvalue weighted by molar-refractivity contribution is -0.132. The third-order valence-corrected chi connectivity index (χ3v) is 2.77. The Morgan fingerprint density at radius 2 is 2.46 bits per heavy atom. The molecule has 0 saturated carbocycles. The summed E-state index contributed by atoms with van der Waals surface area (Å²) in [5.41, 5.74) is 1.86. The number of aromatic nitrogens is 2. The van der Waals surface area contributed by atoms with E-state index >= 15 is 0 Å². The molecule has 1 atom stereocenters. The van der Waals surface area contributed by atoms with Crippen molar-refractivity contribution in [3.8, 4) is 0 Å². The molecule has 1 N–H and O–H groups in total.